The molecule has 4 nitrogen and oxygen atoms in total. The maximum absolute atomic E-state index is 11.3. The highest BCUT2D eigenvalue weighted by Gasteiger charge is 2.19. The van der Waals surface area contributed by atoms with Gasteiger partial charge in [-0.15, -0.1) is 0 Å². The molecule has 1 unspecified atom stereocenters. The zero-order chi connectivity index (χ0) is 16.7. The number of rotatable bonds is 9. The number of hydrogen-bond acceptors (Lipinski definition) is 3. The predicted octanol–water partition coefficient (Wildman–Crippen LogP) is 4.37. The third kappa shape index (κ3) is 6.03. The van der Waals surface area contributed by atoms with Gasteiger partial charge in [0, 0.05) is 17.1 Å². The molecule has 0 spiro atoms. The number of carboxylic acid groups (broad SMARTS) is 1. The lowest BCUT2D eigenvalue weighted by molar-refractivity contribution is -0.140. The van der Waals surface area contributed by atoms with E-state index in [1.54, 1.807) is 12.1 Å². The number of carbonyl (C=O) groups is 1. The normalized spacial score (nSPS) is 12.5. The largest absolute Gasteiger partial charge is 0.492 e. The average molecular weight is 348 g/mol. The van der Waals surface area contributed by atoms with Crippen LogP contribution in [-0.4, -0.2) is 23.7 Å². The molecule has 1 aromatic rings. The van der Waals surface area contributed by atoms with Gasteiger partial charge in [-0.2, -0.15) is 0 Å². The highest BCUT2D eigenvalue weighted by atomic mass is 35.5. The van der Waals surface area contributed by atoms with Crippen LogP contribution >= 0.6 is 23.2 Å². The van der Waals surface area contributed by atoms with E-state index in [0.29, 0.717) is 35.4 Å². The van der Waals surface area contributed by atoms with Crippen LogP contribution in [0, 0.1) is 5.92 Å². The standard InChI is InChI=1S/C16H23Cl2NO3/c1-4-5-22-15-11(7-12(17)8-13(15)18)9-19-14(16(20)21)6-10(2)3/h7-8,10,14,19H,4-6,9H2,1-3H3,(H,20,21). The van der Waals surface area contributed by atoms with Crippen LogP contribution in [0.25, 0.3) is 0 Å². The van der Waals surface area contributed by atoms with Crippen LogP contribution in [0.15, 0.2) is 12.1 Å². The van der Waals surface area contributed by atoms with Crippen LogP contribution < -0.4 is 10.1 Å². The van der Waals surface area contributed by atoms with Gasteiger partial charge in [-0.3, -0.25) is 4.79 Å². The van der Waals surface area contributed by atoms with Crippen LogP contribution in [0.3, 0.4) is 0 Å². The number of aliphatic carboxylic acids is 1. The van der Waals surface area contributed by atoms with E-state index in [-0.39, 0.29) is 5.92 Å². The number of carboxylic acids is 1. The van der Waals surface area contributed by atoms with Crippen molar-refractivity contribution in [3.8, 4) is 5.75 Å². The molecule has 0 amide bonds. The summed E-state index contributed by atoms with van der Waals surface area (Å²) in [6.45, 7) is 6.86. The molecule has 1 aromatic carbocycles. The number of hydrogen-bond donors (Lipinski definition) is 2. The van der Waals surface area contributed by atoms with E-state index >= 15 is 0 Å². The van der Waals surface area contributed by atoms with Crippen LogP contribution in [0.2, 0.25) is 10.0 Å². The van der Waals surface area contributed by atoms with Crippen molar-refractivity contribution in [3.05, 3.63) is 27.7 Å². The lowest BCUT2D eigenvalue weighted by atomic mass is 10.0. The number of ether oxygens (including phenoxy) is 1. The summed E-state index contributed by atoms with van der Waals surface area (Å²) in [5, 5.41) is 13.3. The monoisotopic (exact) mass is 347 g/mol. The van der Waals surface area contributed by atoms with Crippen molar-refractivity contribution in [3.63, 3.8) is 0 Å². The molecule has 0 aliphatic rings. The Kier molecular flexibility index (Phi) is 8.01. The maximum atomic E-state index is 11.3. The Morgan fingerprint density at radius 2 is 2.05 bits per heavy atom. The number of halogens is 2. The van der Waals surface area contributed by atoms with Crippen molar-refractivity contribution in [2.24, 2.45) is 5.92 Å². The van der Waals surface area contributed by atoms with E-state index in [2.05, 4.69) is 5.32 Å². The summed E-state index contributed by atoms with van der Waals surface area (Å²) in [6, 6.07) is 2.76. The molecule has 0 bridgehead atoms. The first kappa shape index (κ1) is 19.1. The Labute approximate surface area is 141 Å². The molecule has 0 saturated heterocycles. The topological polar surface area (TPSA) is 58.6 Å². The van der Waals surface area contributed by atoms with Gasteiger partial charge in [0.2, 0.25) is 0 Å². The lowest BCUT2D eigenvalue weighted by Crippen LogP contribution is -2.37. The molecule has 0 radical (unpaired) electrons. The van der Waals surface area contributed by atoms with E-state index in [1.165, 1.54) is 0 Å². The Morgan fingerprint density at radius 3 is 2.59 bits per heavy atom. The molecule has 0 fully saturated rings. The van der Waals surface area contributed by atoms with E-state index in [0.717, 1.165) is 12.0 Å². The molecule has 0 aliphatic carbocycles. The second kappa shape index (κ2) is 9.23. The smallest absolute Gasteiger partial charge is 0.320 e. The van der Waals surface area contributed by atoms with Crippen LogP contribution in [-0.2, 0) is 11.3 Å². The SMILES string of the molecule is CCCOc1c(Cl)cc(Cl)cc1CNC(CC(C)C)C(=O)O. The quantitative estimate of drug-likeness (QED) is 0.696. The summed E-state index contributed by atoms with van der Waals surface area (Å²) in [5.74, 6) is -0.0145. The fourth-order valence-corrected chi connectivity index (χ4v) is 2.68. The molecule has 0 aliphatic heterocycles. The van der Waals surface area contributed by atoms with E-state index in [1.807, 2.05) is 20.8 Å². The maximum Gasteiger partial charge on any atom is 0.320 e. The third-order valence-electron chi connectivity index (χ3n) is 3.08. The summed E-state index contributed by atoms with van der Waals surface area (Å²) < 4.78 is 5.67. The minimum Gasteiger partial charge on any atom is -0.492 e. The van der Waals surface area contributed by atoms with Gasteiger partial charge in [0.15, 0.2) is 0 Å². The minimum absolute atomic E-state index is 0.285. The number of benzene rings is 1. The van der Waals surface area contributed by atoms with Gasteiger partial charge >= 0.3 is 5.97 Å². The fourth-order valence-electron chi connectivity index (χ4n) is 2.09. The van der Waals surface area contributed by atoms with Crippen molar-refractivity contribution in [1.29, 1.82) is 0 Å². The van der Waals surface area contributed by atoms with Crippen LogP contribution in [0.4, 0.5) is 0 Å². The molecule has 1 atom stereocenters. The summed E-state index contributed by atoms with van der Waals surface area (Å²) in [7, 11) is 0. The first-order valence-corrected chi connectivity index (χ1v) is 8.17. The van der Waals surface area contributed by atoms with Gasteiger partial charge in [-0.25, -0.2) is 0 Å². The molecule has 22 heavy (non-hydrogen) atoms. The highest BCUT2D eigenvalue weighted by Crippen LogP contribution is 2.32. The zero-order valence-electron chi connectivity index (χ0n) is 13.2. The van der Waals surface area contributed by atoms with Crippen molar-refractivity contribution >= 4 is 29.2 Å². The molecule has 0 saturated carbocycles. The first-order chi connectivity index (χ1) is 10.3. The lowest BCUT2D eigenvalue weighted by Gasteiger charge is -2.19. The highest BCUT2D eigenvalue weighted by molar-refractivity contribution is 6.35. The zero-order valence-corrected chi connectivity index (χ0v) is 14.7. The van der Waals surface area contributed by atoms with Crippen molar-refractivity contribution in [2.75, 3.05) is 6.61 Å². The number of nitrogens with one attached hydrogen (secondary N) is 1. The Bertz CT molecular complexity index is 506. The van der Waals surface area contributed by atoms with E-state index in [9.17, 15) is 9.90 Å². The summed E-state index contributed by atoms with van der Waals surface area (Å²) in [4.78, 5) is 11.3. The van der Waals surface area contributed by atoms with Gasteiger partial charge in [0.25, 0.3) is 0 Å². The minimum atomic E-state index is -0.863. The fraction of sp³-hybridized carbons (Fsp3) is 0.562. The van der Waals surface area contributed by atoms with E-state index < -0.39 is 12.0 Å². The van der Waals surface area contributed by atoms with Crippen molar-refractivity contribution < 1.29 is 14.6 Å². The predicted molar refractivity (Wildman–Crippen MR) is 90.0 cm³/mol. The second-order valence-corrected chi connectivity index (χ2v) is 6.47. The molecular formula is C16H23Cl2NO3. The van der Waals surface area contributed by atoms with E-state index in [4.69, 9.17) is 27.9 Å². The molecule has 2 N–H and O–H groups in total. The second-order valence-electron chi connectivity index (χ2n) is 5.63. The molecule has 6 heteroatoms. The first-order valence-electron chi connectivity index (χ1n) is 7.42. The van der Waals surface area contributed by atoms with Crippen molar-refractivity contribution in [1.82, 2.24) is 5.32 Å². The molecule has 124 valence electrons. The van der Waals surface area contributed by atoms with Gasteiger partial charge < -0.3 is 15.2 Å². The van der Waals surface area contributed by atoms with Gasteiger partial charge in [-0.1, -0.05) is 44.0 Å². The molecule has 0 aromatic heterocycles. The van der Waals surface area contributed by atoms with Gasteiger partial charge in [0.1, 0.15) is 11.8 Å². The summed E-state index contributed by atoms with van der Waals surface area (Å²) in [5.41, 5.74) is 0.765. The molecule has 0 heterocycles. The van der Waals surface area contributed by atoms with Gasteiger partial charge in [0.05, 0.1) is 11.6 Å². The molecule has 1 rings (SSSR count). The Hall–Kier alpha value is -0.970. The summed E-state index contributed by atoms with van der Waals surface area (Å²) in [6.07, 6.45) is 1.41. The summed E-state index contributed by atoms with van der Waals surface area (Å²) >= 11 is 12.2. The molecular weight excluding hydrogens is 325 g/mol. The van der Waals surface area contributed by atoms with Crippen molar-refractivity contribution in [2.45, 2.75) is 46.2 Å². The van der Waals surface area contributed by atoms with Gasteiger partial charge in [-0.05, 0) is 30.9 Å². The van der Waals surface area contributed by atoms with Crippen LogP contribution in [0.5, 0.6) is 5.75 Å². The third-order valence-corrected chi connectivity index (χ3v) is 3.58. The Morgan fingerprint density at radius 1 is 1.36 bits per heavy atom. The Balaban J connectivity index is 2.88. The average Bonchev–Trinajstić information content (AvgIpc) is 2.41. The van der Waals surface area contributed by atoms with Crippen LogP contribution in [0.1, 0.15) is 39.2 Å².